The summed E-state index contributed by atoms with van der Waals surface area (Å²) in [6.45, 7) is 4.67. The minimum absolute atomic E-state index is 0.00807. The molecule has 0 aliphatic carbocycles. The molecule has 0 radical (unpaired) electrons. The van der Waals surface area contributed by atoms with E-state index in [9.17, 15) is 27.2 Å². The zero-order chi connectivity index (χ0) is 23.4. The van der Waals surface area contributed by atoms with Crippen molar-refractivity contribution in [1.82, 2.24) is 25.0 Å². The molecular formula is C21H21F4N5O2. The Balaban J connectivity index is 1.61. The van der Waals surface area contributed by atoms with Crippen LogP contribution in [0.3, 0.4) is 0 Å². The van der Waals surface area contributed by atoms with Gasteiger partial charge in [-0.25, -0.2) is 4.39 Å². The van der Waals surface area contributed by atoms with Gasteiger partial charge in [0.1, 0.15) is 17.6 Å². The molecule has 1 unspecified atom stereocenters. The number of carbonyl (C=O) groups excluding carboxylic acids is 2. The van der Waals surface area contributed by atoms with Gasteiger partial charge in [-0.2, -0.15) is 18.3 Å². The lowest BCUT2D eigenvalue weighted by molar-refractivity contribution is -0.149. The first kappa shape index (κ1) is 21.8. The summed E-state index contributed by atoms with van der Waals surface area (Å²) >= 11 is 0. The molecule has 0 bridgehead atoms. The van der Waals surface area contributed by atoms with Gasteiger partial charge in [-0.1, -0.05) is 0 Å². The average molecular weight is 451 g/mol. The summed E-state index contributed by atoms with van der Waals surface area (Å²) in [5.74, 6) is -1.69. The Morgan fingerprint density at radius 3 is 2.69 bits per heavy atom. The summed E-state index contributed by atoms with van der Waals surface area (Å²) in [6, 6.07) is 2.01. The number of hydrogen-bond acceptors (Lipinski definition) is 3. The van der Waals surface area contributed by atoms with Crippen LogP contribution in [0.15, 0.2) is 24.4 Å². The van der Waals surface area contributed by atoms with Crippen molar-refractivity contribution in [2.24, 2.45) is 0 Å². The molecule has 0 fully saturated rings. The van der Waals surface area contributed by atoms with Gasteiger partial charge in [-0.15, -0.1) is 0 Å². The third-order valence-electron chi connectivity index (χ3n) is 5.72. The quantitative estimate of drug-likeness (QED) is 0.598. The zero-order valence-electron chi connectivity index (χ0n) is 17.5. The summed E-state index contributed by atoms with van der Waals surface area (Å²) in [7, 11) is 0. The molecular weight excluding hydrogens is 430 g/mol. The van der Waals surface area contributed by atoms with E-state index in [-0.39, 0.29) is 36.3 Å². The number of fused-ring (bicyclic) bond motifs is 2. The van der Waals surface area contributed by atoms with Gasteiger partial charge in [0.25, 0.3) is 11.8 Å². The molecule has 2 aromatic heterocycles. The first-order valence-electron chi connectivity index (χ1n) is 9.97. The van der Waals surface area contributed by atoms with Crippen LogP contribution >= 0.6 is 0 Å². The fourth-order valence-electron chi connectivity index (χ4n) is 3.86. The lowest BCUT2D eigenvalue weighted by Crippen LogP contribution is -2.46. The second-order valence-corrected chi connectivity index (χ2v) is 8.07. The number of carbonyl (C=O) groups is 2. The van der Waals surface area contributed by atoms with Gasteiger partial charge in [-0.05, 0) is 44.5 Å². The molecule has 0 saturated carbocycles. The second-order valence-electron chi connectivity index (χ2n) is 8.07. The monoisotopic (exact) mass is 451 g/mol. The molecule has 2 atom stereocenters. The SMILES string of the molecule is Cc1cc(F)cc2[nH]c(C(=O)N3Cc4c(C(=O)N[C@H](C)C(F)(F)F)cnn4CC3C)cc12. The smallest absolute Gasteiger partial charge is 0.350 e. The van der Waals surface area contributed by atoms with E-state index in [0.717, 1.165) is 6.92 Å². The van der Waals surface area contributed by atoms with Crippen LogP contribution in [0.1, 0.15) is 46.0 Å². The number of halogens is 4. The number of amides is 2. The fraction of sp³-hybridized carbons (Fsp3) is 0.381. The molecule has 0 saturated heterocycles. The number of nitrogens with one attached hydrogen (secondary N) is 2. The highest BCUT2D eigenvalue weighted by atomic mass is 19.4. The predicted molar refractivity (Wildman–Crippen MR) is 108 cm³/mol. The van der Waals surface area contributed by atoms with Crippen molar-refractivity contribution in [2.45, 2.75) is 52.1 Å². The van der Waals surface area contributed by atoms with Crippen LogP contribution in [0.2, 0.25) is 0 Å². The molecule has 32 heavy (non-hydrogen) atoms. The third kappa shape index (κ3) is 3.82. The van der Waals surface area contributed by atoms with Gasteiger partial charge in [0.15, 0.2) is 0 Å². The number of aromatic nitrogens is 3. The normalized spacial score (nSPS) is 17.3. The molecule has 11 heteroatoms. The number of aromatic amines is 1. The summed E-state index contributed by atoms with van der Waals surface area (Å²) in [5.41, 5.74) is 1.76. The van der Waals surface area contributed by atoms with Crippen molar-refractivity contribution in [2.75, 3.05) is 0 Å². The summed E-state index contributed by atoms with van der Waals surface area (Å²) in [6.07, 6.45) is -3.36. The van der Waals surface area contributed by atoms with E-state index in [1.165, 1.54) is 27.9 Å². The van der Waals surface area contributed by atoms with Crippen LogP contribution in [-0.2, 0) is 13.1 Å². The van der Waals surface area contributed by atoms with Gasteiger partial charge in [-0.3, -0.25) is 14.3 Å². The van der Waals surface area contributed by atoms with Gasteiger partial charge in [0.05, 0.1) is 30.5 Å². The van der Waals surface area contributed by atoms with Gasteiger partial charge in [0.2, 0.25) is 0 Å². The van der Waals surface area contributed by atoms with Crippen molar-refractivity contribution >= 4 is 22.7 Å². The highest BCUT2D eigenvalue weighted by Crippen LogP contribution is 2.26. The molecule has 2 amide bonds. The standard InChI is InChI=1S/C21H21F4N5O2/c1-10-4-13(22)5-16-14(10)6-17(28-16)20(32)29-9-18-15(7-26-30(18)8-11(29)2)19(31)27-12(3)21(23,24)25/h4-7,11-12,28H,8-9H2,1-3H3,(H,27,31)/t11?,12-/m1/s1. The van der Waals surface area contributed by atoms with Crippen molar-refractivity contribution in [3.63, 3.8) is 0 Å². The van der Waals surface area contributed by atoms with E-state index in [1.54, 1.807) is 13.0 Å². The Kier molecular flexibility index (Phi) is 5.22. The number of benzene rings is 1. The Hall–Kier alpha value is -3.37. The number of alkyl halides is 3. The van der Waals surface area contributed by atoms with Crippen molar-refractivity contribution in [1.29, 1.82) is 0 Å². The lowest BCUT2D eigenvalue weighted by Gasteiger charge is -2.34. The molecule has 1 aliphatic heterocycles. The van der Waals surface area contributed by atoms with Crippen LogP contribution in [0.5, 0.6) is 0 Å². The summed E-state index contributed by atoms with van der Waals surface area (Å²) in [5, 5.41) is 6.75. The van der Waals surface area contributed by atoms with Gasteiger partial charge in [0, 0.05) is 16.9 Å². The molecule has 3 heterocycles. The summed E-state index contributed by atoms with van der Waals surface area (Å²) < 4.78 is 53.7. The Labute approximate surface area is 180 Å². The van der Waals surface area contributed by atoms with Crippen LogP contribution in [-0.4, -0.2) is 49.7 Å². The Morgan fingerprint density at radius 2 is 2.00 bits per heavy atom. The van der Waals surface area contributed by atoms with E-state index in [1.807, 2.05) is 12.2 Å². The van der Waals surface area contributed by atoms with Gasteiger partial charge < -0.3 is 15.2 Å². The molecule has 1 aromatic carbocycles. The van der Waals surface area contributed by atoms with Crippen molar-refractivity contribution < 1.29 is 27.2 Å². The van der Waals surface area contributed by atoms with Crippen LogP contribution in [0, 0.1) is 12.7 Å². The third-order valence-corrected chi connectivity index (χ3v) is 5.72. The van der Waals surface area contributed by atoms with Crippen molar-refractivity contribution in [3.05, 3.63) is 52.7 Å². The Morgan fingerprint density at radius 1 is 1.28 bits per heavy atom. The van der Waals surface area contributed by atoms with Crippen molar-refractivity contribution in [3.8, 4) is 0 Å². The first-order valence-corrected chi connectivity index (χ1v) is 9.97. The minimum atomic E-state index is -4.58. The van der Waals surface area contributed by atoms with Crippen LogP contribution in [0.4, 0.5) is 17.6 Å². The maximum atomic E-state index is 13.7. The van der Waals surface area contributed by atoms with Crippen LogP contribution in [0.25, 0.3) is 10.9 Å². The minimum Gasteiger partial charge on any atom is -0.350 e. The zero-order valence-corrected chi connectivity index (χ0v) is 17.5. The summed E-state index contributed by atoms with van der Waals surface area (Å²) in [4.78, 5) is 30.1. The molecule has 4 rings (SSSR count). The number of aryl methyl sites for hydroxylation is 1. The average Bonchev–Trinajstić information content (AvgIpc) is 3.30. The predicted octanol–water partition coefficient (Wildman–Crippen LogP) is 3.54. The molecule has 1 aliphatic rings. The largest absolute Gasteiger partial charge is 0.408 e. The Bertz CT molecular complexity index is 1210. The number of hydrogen-bond donors (Lipinski definition) is 2. The molecule has 170 valence electrons. The van der Waals surface area contributed by atoms with E-state index >= 15 is 0 Å². The molecule has 3 aromatic rings. The van der Waals surface area contributed by atoms with Crippen LogP contribution < -0.4 is 5.32 Å². The molecule has 2 N–H and O–H groups in total. The maximum Gasteiger partial charge on any atom is 0.408 e. The lowest BCUT2D eigenvalue weighted by atomic mass is 10.1. The van der Waals surface area contributed by atoms with Gasteiger partial charge >= 0.3 is 6.18 Å². The highest BCUT2D eigenvalue weighted by Gasteiger charge is 2.38. The van der Waals surface area contributed by atoms with E-state index < -0.39 is 23.9 Å². The molecule has 7 nitrogen and oxygen atoms in total. The molecule has 0 spiro atoms. The maximum absolute atomic E-state index is 13.7. The number of H-pyrrole nitrogens is 1. The van der Waals surface area contributed by atoms with E-state index in [0.29, 0.717) is 22.2 Å². The van der Waals surface area contributed by atoms with E-state index in [2.05, 4.69) is 10.1 Å². The van der Waals surface area contributed by atoms with E-state index in [4.69, 9.17) is 0 Å². The fourth-order valence-corrected chi connectivity index (χ4v) is 3.86. The number of nitrogens with zero attached hydrogens (tertiary/aromatic N) is 3. The number of rotatable bonds is 3. The second kappa shape index (κ2) is 7.64. The topological polar surface area (TPSA) is 83.0 Å². The first-order chi connectivity index (χ1) is 15.0. The highest BCUT2D eigenvalue weighted by molar-refractivity contribution is 5.99.